The summed E-state index contributed by atoms with van der Waals surface area (Å²) in [5.74, 6) is 1.23. The van der Waals surface area contributed by atoms with Gasteiger partial charge in [0.05, 0.1) is 19.4 Å². The third-order valence-corrected chi connectivity index (χ3v) is 3.32. The molecule has 0 bridgehead atoms. The maximum atomic E-state index is 10.7. The molecule has 1 rings (SSSR count). The van der Waals surface area contributed by atoms with E-state index in [1.807, 2.05) is 0 Å². The highest BCUT2D eigenvalue weighted by Crippen LogP contribution is 2.21. The largest absolute Gasteiger partial charge is 0.468 e. The zero-order valence-corrected chi connectivity index (χ0v) is 7.83. The first-order valence-electron chi connectivity index (χ1n) is 3.20. The van der Waals surface area contributed by atoms with Gasteiger partial charge in [-0.15, -0.1) is 0 Å². The molecule has 0 radical (unpaired) electrons. The van der Waals surface area contributed by atoms with Gasteiger partial charge in [0.25, 0.3) is 0 Å². The highest BCUT2D eigenvalue weighted by Gasteiger charge is 2.09. The topological polar surface area (TPSA) is 38.7 Å². The van der Waals surface area contributed by atoms with E-state index < -0.39 is 0 Å². The molecule has 0 N–H and O–H groups in total. The van der Waals surface area contributed by atoms with Crippen molar-refractivity contribution in [2.75, 3.05) is 25.2 Å². The highest BCUT2D eigenvalue weighted by molar-refractivity contribution is 8.39. The molecule has 0 saturated carbocycles. The molecular weight excluding hydrogens is 182 g/mol. The number of ether oxygens (including phenoxy) is 1. The van der Waals surface area contributed by atoms with E-state index in [9.17, 15) is 4.79 Å². The number of hydrogen-bond donors (Lipinski definition) is 0. The second kappa shape index (κ2) is 4.66. The Labute approximate surface area is 74.0 Å². The Balaban J connectivity index is 2.16. The van der Waals surface area contributed by atoms with Crippen molar-refractivity contribution < 1.29 is 9.53 Å². The van der Waals surface area contributed by atoms with Crippen LogP contribution < -0.4 is 0 Å². The first kappa shape index (κ1) is 8.93. The molecule has 0 unspecified atom stereocenters. The zero-order valence-electron chi connectivity index (χ0n) is 6.20. The van der Waals surface area contributed by atoms with E-state index in [-0.39, 0.29) is 5.97 Å². The molecule has 62 valence electrons. The fraction of sp³-hybridized carbons (Fsp3) is 0.667. The molecular formula is C6H9NO2S2. The van der Waals surface area contributed by atoms with Gasteiger partial charge in [-0.2, -0.15) is 0 Å². The van der Waals surface area contributed by atoms with Gasteiger partial charge in [0.2, 0.25) is 0 Å². The normalized spacial score (nSPS) is 16.3. The second-order valence-electron chi connectivity index (χ2n) is 1.86. The van der Waals surface area contributed by atoms with Gasteiger partial charge in [-0.05, 0) is 0 Å². The fourth-order valence-electron chi connectivity index (χ4n) is 0.582. The van der Waals surface area contributed by atoms with Crippen molar-refractivity contribution in [1.29, 1.82) is 0 Å². The third kappa shape index (κ3) is 3.16. The summed E-state index contributed by atoms with van der Waals surface area (Å²) in [7, 11) is 1.40. The van der Waals surface area contributed by atoms with Gasteiger partial charge in [-0.3, -0.25) is 9.79 Å². The van der Waals surface area contributed by atoms with E-state index in [4.69, 9.17) is 0 Å². The number of rotatable bonds is 2. The van der Waals surface area contributed by atoms with Crippen LogP contribution in [-0.4, -0.2) is 35.5 Å². The number of thioether (sulfide) groups is 2. The van der Waals surface area contributed by atoms with Crippen LogP contribution in [0.15, 0.2) is 4.99 Å². The molecule has 0 amide bonds. The Kier molecular flexibility index (Phi) is 3.79. The summed E-state index contributed by atoms with van der Waals surface area (Å²) in [6.07, 6.45) is 0. The molecule has 1 aliphatic rings. The van der Waals surface area contributed by atoms with Crippen LogP contribution in [0.1, 0.15) is 0 Å². The molecule has 0 aliphatic carbocycles. The Bertz CT molecular complexity index is 181. The Hall–Kier alpha value is -0.160. The number of aliphatic imine (C=N–C) groups is 1. The summed E-state index contributed by atoms with van der Waals surface area (Å²) >= 11 is 3.16. The van der Waals surface area contributed by atoms with Gasteiger partial charge in [-0.25, -0.2) is 0 Å². The summed E-state index contributed by atoms with van der Waals surface area (Å²) in [6, 6.07) is 0. The Morgan fingerprint density at radius 2 is 2.73 bits per heavy atom. The summed E-state index contributed by atoms with van der Waals surface area (Å²) in [5, 5.41) is 0. The number of hydrogen-bond acceptors (Lipinski definition) is 5. The van der Waals surface area contributed by atoms with Crippen LogP contribution in [0, 0.1) is 0 Å². The van der Waals surface area contributed by atoms with Gasteiger partial charge in [0.1, 0.15) is 4.38 Å². The van der Waals surface area contributed by atoms with E-state index in [0.29, 0.717) is 5.75 Å². The van der Waals surface area contributed by atoms with Crippen molar-refractivity contribution in [2.24, 2.45) is 4.99 Å². The first-order chi connectivity index (χ1) is 5.33. The minimum atomic E-state index is -0.190. The van der Waals surface area contributed by atoms with Crippen LogP contribution in [-0.2, 0) is 9.53 Å². The number of esters is 1. The van der Waals surface area contributed by atoms with Crippen molar-refractivity contribution >= 4 is 33.9 Å². The second-order valence-corrected chi connectivity index (χ2v) is 4.17. The zero-order chi connectivity index (χ0) is 8.10. The monoisotopic (exact) mass is 191 g/mol. The average Bonchev–Trinajstić information content (AvgIpc) is 2.52. The lowest BCUT2D eigenvalue weighted by atomic mass is 10.8. The van der Waals surface area contributed by atoms with Crippen LogP contribution in [0.25, 0.3) is 0 Å². The molecule has 0 aromatic carbocycles. The Morgan fingerprint density at radius 3 is 3.27 bits per heavy atom. The molecule has 0 aromatic rings. The van der Waals surface area contributed by atoms with Crippen molar-refractivity contribution in [3.8, 4) is 0 Å². The summed E-state index contributed by atoms with van der Waals surface area (Å²) in [4.78, 5) is 14.8. The van der Waals surface area contributed by atoms with E-state index in [1.165, 1.54) is 18.9 Å². The molecule has 0 spiro atoms. The first-order valence-corrected chi connectivity index (χ1v) is 5.17. The lowest BCUT2D eigenvalue weighted by molar-refractivity contribution is -0.137. The predicted octanol–water partition coefficient (Wildman–Crippen LogP) is 0.995. The summed E-state index contributed by atoms with van der Waals surface area (Å²) in [5.41, 5.74) is 0. The van der Waals surface area contributed by atoms with E-state index in [2.05, 4.69) is 9.73 Å². The van der Waals surface area contributed by atoms with Gasteiger partial charge in [-0.1, -0.05) is 23.5 Å². The lowest BCUT2D eigenvalue weighted by Crippen LogP contribution is -2.04. The minimum absolute atomic E-state index is 0.190. The van der Waals surface area contributed by atoms with Gasteiger partial charge < -0.3 is 4.74 Å². The minimum Gasteiger partial charge on any atom is -0.468 e. The van der Waals surface area contributed by atoms with Crippen molar-refractivity contribution in [1.82, 2.24) is 0 Å². The molecule has 0 atom stereocenters. The SMILES string of the molecule is COC(=O)CSC1=NCCS1. The molecule has 11 heavy (non-hydrogen) atoms. The highest BCUT2D eigenvalue weighted by atomic mass is 32.2. The van der Waals surface area contributed by atoms with E-state index in [0.717, 1.165) is 16.7 Å². The predicted molar refractivity (Wildman–Crippen MR) is 49.2 cm³/mol. The van der Waals surface area contributed by atoms with Crippen molar-refractivity contribution in [2.45, 2.75) is 0 Å². The number of nitrogens with zero attached hydrogens (tertiary/aromatic N) is 1. The van der Waals surface area contributed by atoms with Gasteiger partial charge >= 0.3 is 5.97 Å². The molecule has 1 heterocycles. The molecule has 0 saturated heterocycles. The quantitative estimate of drug-likeness (QED) is 0.610. The molecule has 5 heteroatoms. The van der Waals surface area contributed by atoms with Crippen LogP contribution in [0.4, 0.5) is 0 Å². The van der Waals surface area contributed by atoms with Crippen LogP contribution in [0.2, 0.25) is 0 Å². The maximum absolute atomic E-state index is 10.7. The van der Waals surface area contributed by atoms with E-state index in [1.54, 1.807) is 11.8 Å². The van der Waals surface area contributed by atoms with E-state index >= 15 is 0 Å². The number of carbonyl (C=O) groups is 1. The lowest BCUT2D eigenvalue weighted by Gasteiger charge is -1.97. The molecule has 3 nitrogen and oxygen atoms in total. The van der Waals surface area contributed by atoms with Crippen LogP contribution in [0.5, 0.6) is 0 Å². The summed E-state index contributed by atoms with van der Waals surface area (Å²) in [6.45, 7) is 0.883. The smallest absolute Gasteiger partial charge is 0.316 e. The Morgan fingerprint density at radius 1 is 1.91 bits per heavy atom. The maximum Gasteiger partial charge on any atom is 0.316 e. The molecule has 0 fully saturated rings. The molecule has 1 aliphatic heterocycles. The van der Waals surface area contributed by atoms with Crippen molar-refractivity contribution in [3.05, 3.63) is 0 Å². The summed E-state index contributed by atoms with van der Waals surface area (Å²) < 4.78 is 5.50. The third-order valence-electron chi connectivity index (χ3n) is 1.10. The number of methoxy groups -OCH3 is 1. The average molecular weight is 191 g/mol. The van der Waals surface area contributed by atoms with Crippen LogP contribution in [0.3, 0.4) is 0 Å². The van der Waals surface area contributed by atoms with Crippen LogP contribution >= 0.6 is 23.5 Å². The van der Waals surface area contributed by atoms with Gasteiger partial charge in [0.15, 0.2) is 0 Å². The van der Waals surface area contributed by atoms with Gasteiger partial charge in [0, 0.05) is 5.75 Å². The number of carbonyl (C=O) groups excluding carboxylic acids is 1. The van der Waals surface area contributed by atoms with Crippen molar-refractivity contribution in [3.63, 3.8) is 0 Å². The standard InChI is InChI=1S/C6H9NO2S2/c1-9-5(8)4-11-6-7-2-3-10-6/h2-4H2,1H3. The fourth-order valence-corrected chi connectivity index (χ4v) is 2.42. The molecule has 0 aromatic heterocycles.